The van der Waals surface area contributed by atoms with Gasteiger partial charge in [0, 0.05) is 13.2 Å². The second-order valence-electron chi connectivity index (χ2n) is 11.7. The van der Waals surface area contributed by atoms with Crippen LogP contribution in [0.4, 0.5) is 5.82 Å². The molecule has 0 amide bonds. The zero-order valence-electron chi connectivity index (χ0n) is 24.9. The number of nitrogens with one attached hydrogen (secondary N) is 1. The molecule has 2 aromatic rings. The Balaban J connectivity index is 2.02. The third kappa shape index (κ3) is 6.16. The second-order valence-corrected chi connectivity index (χ2v) is 19.6. The predicted molar refractivity (Wildman–Crippen MR) is 154 cm³/mol. The molecule has 1 saturated heterocycles. The summed E-state index contributed by atoms with van der Waals surface area (Å²) in [5, 5.41) is 13.7. The lowest BCUT2D eigenvalue weighted by Gasteiger charge is -2.44. The zero-order chi connectivity index (χ0) is 28.4. The fourth-order valence-corrected chi connectivity index (χ4v) is 14.7. The molecular weight excluding hydrogens is 518 g/mol. The summed E-state index contributed by atoms with van der Waals surface area (Å²) in [7, 11) is -2.30. The van der Waals surface area contributed by atoms with E-state index in [0.29, 0.717) is 28.1 Å². The molecule has 0 bridgehead atoms. The predicted octanol–water partition coefficient (Wildman–Crippen LogP) is 5.03. The van der Waals surface area contributed by atoms with Crippen LogP contribution in [0.3, 0.4) is 0 Å². The summed E-state index contributed by atoms with van der Waals surface area (Å²) in [6.45, 7) is 21.6. The Labute approximate surface area is 230 Å². The third-order valence-corrected chi connectivity index (χ3v) is 15.5. The lowest BCUT2D eigenvalue weighted by atomic mass is 10.1. The summed E-state index contributed by atoms with van der Waals surface area (Å²) < 4.78 is 28.6. The van der Waals surface area contributed by atoms with Crippen LogP contribution in [-0.2, 0) is 18.0 Å². The van der Waals surface area contributed by atoms with Crippen LogP contribution < -0.4 is 5.32 Å². The molecule has 0 aromatic carbocycles. The molecule has 0 aliphatic carbocycles. The minimum Gasteiger partial charge on any atom is -0.435 e. The van der Waals surface area contributed by atoms with E-state index in [-0.39, 0.29) is 23.7 Å². The first-order valence-corrected chi connectivity index (χ1v) is 17.4. The summed E-state index contributed by atoms with van der Waals surface area (Å²) in [4.78, 5) is 13.5. The van der Waals surface area contributed by atoms with Gasteiger partial charge in [0.15, 0.2) is 23.2 Å². The van der Waals surface area contributed by atoms with Gasteiger partial charge in [0.1, 0.15) is 24.6 Å². The molecule has 1 radical (unpaired) electrons. The number of fused-ring (bicyclic) bond motifs is 1. The normalized spacial score (nSPS) is 22.9. The van der Waals surface area contributed by atoms with Crippen LogP contribution in [0.15, 0.2) is 12.7 Å². The molecule has 1 aliphatic rings. The SMILES string of the molecule is COC1C(O[Si](O[Si](C(C)C)C(C)C)(C(C)C)C(C)C)[C@@H](CO)O[C@H]1n1cnc2c(NC(C)C)ncnc21. The maximum Gasteiger partial charge on any atom is 0.333 e. The minimum absolute atomic E-state index is 0.192. The summed E-state index contributed by atoms with van der Waals surface area (Å²) in [6.07, 6.45) is 1.04. The highest BCUT2D eigenvalue weighted by Crippen LogP contribution is 2.43. The van der Waals surface area contributed by atoms with Crippen LogP contribution in [0.1, 0.15) is 75.5 Å². The van der Waals surface area contributed by atoms with Gasteiger partial charge in [0.2, 0.25) is 9.04 Å². The third-order valence-electron chi connectivity index (χ3n) is 7.14. The molecule has 4 atom stereocenters. The van der Waals surface area contributed by atoms with E-state index in [4.69, 9.17) is 18.0 Å². The van der Waals surface area contributed by atoms with E-state index in [9.17, 15) is 5.11 Å². The number of aliphatic hydroxyl groups excluding tert-OH is 1. The van der Waals surface area contributed by atoms with Gasteiger partial charge in [-0.2, -0.15) is 0 Å². The first kappa shape index (κ1) is 31.1. The number of hydrogen-bond donors (Lipinski definition) is 2. The smallest absolute Gasteiger partial charge is 0.333 e. The largest absolute Gasteiger partial charge is 0.435 e. The Morgan fingerprint density at radius 2 is 1.63 bits per heavy atom. The van der Waals surface area contributed by atoms with Crippen LogP contribution in [0, 0.1) is 0 Å². The number of aromatic nitrogens is 4. The van der Waals surface area contributed by atoms with Gasteiger partial charge < -0.3 is 28.4 Å². The van der Waals surface area contributed by atoms with Crippen molar-refractivity contribution in [1.82, 2.24) is 19.5 Å². The van der Waals surface area contributed by atoms with Gasteiger partial charge in [0.05, 0.1) is 12.9 Å². The molecule has 3 rings (SSSR count). The number of aliphatic hydroxyl groups is 1. The highest BCUT2D eigenvalue weighted by Gasteiger charge is 2.55. The summed E-state index contributed by atoms with van der Waals surface area (Å²) >= 11 is 0. The Morgan fingerprint density at radius 1 is 1.00 bits per heavy atom. The number of nitrogens with zero attached hydrogens (tertiary/aromatic N) is 4. The highest BCUT2D eigenvalue weighted by atomic mass is 28.4. The molecule has 215 valence electrons. The number of hydrogen-bond acceptors (Lipinski definition) is 9. The molecule has 1 aliphatic heterocycles. The van der Waals surface area contributed by atoms with E-state index in [1.807, 2.05) is 18.4 Å². The Bertz CT molecular complexity index is 1020. The molecule has 2 unspecified atom stereocenters. The van der Waals surface area contributed by atoms with E-state index in [2.05, 4.69) is 75.7 Å². The van der Waals surface area contributed by atoms with Crippen LogP contribution in [0.2, 0.25) is 22.2 Å². The molecule has 1 fully saturated rings. The number of ether oxygens (including phenoxy) is 2. The zero-order valence-corrected chi connectivity index (χ0v) is 26.9. The molecule has 2 aromatic heterocycles. The van der Waals surface area contributed by atoms with Crippen LogP contribution in [-0.4, -0.2) is 80.3 Å². The van der Waals surface area contributed by atoms with Crippen molar-refractivity contribution >= 4 is 34.6 Å². The van der Waals surface area contributed by atoms with Crippen LogP contribution in [0.5, 0.6) is 0 Å². The van der Waals surface area contributed by atoms with Crippen molar-refractivity contribution < 1.29 is 23.1 Å². The quantitative estimate of drug-likeness (QED) is 0.322. The maximum atomic E-state index is 10.4. The lowest BCUT2D eigenvalue weighted by molar-refractivity contribution is -0.0583. The molecule has 38 heavy (non-hydrogen) atoms. The van der Waals surface area contributed by atoms with Gasteiger partial charge in [-0.1, -0.05) is 55.4 Å². The van der Waals surface area contributed by atoms with Gasteiger partial charge in [-0.3, -0.25) is 4.57 Å². The Morgan fingerprint density at radius 3 is 2.13 bits per heavy atom. The summed E-state index contributed by atoms with van der Waals surface area (Å²) in [5.74, 6) is 0.665. The number of anilines is 1. The van der Waals surface area contributed by atoms with Crippen LogP contribution >= 0.6 is 0 Å². The van der Waals surface area contributed by atoms with E-state index in [1.165, 1.54) is 6.33 Å². The number of methoxy groups -OCH3 is 1. The van der Waals surface area contributed by atoms with Crippen molar-refractivity contribution in [3.8, 4) is 0 Å². The van der Waals surface area contributed by atoms with Crippen molar-refractivity contribution in [1.29, 1.82) is 0 Å². The number of rotatable bonds is 13. The molecule has 0 saturated carbocycles. The van der Waals surface area contributed by atoms with Crippen molar-refractivity contribution in [3.05, 3.63) is 12.7 Å². The maximum absolute atomic E-state index is 10.4. The molecule has 2 N–H and O–H groups in total. The summed E-state index contributed by atoms with van der Waals surface area (Å²) in [6, 6.07) is 0.192. The fourth-order valence-electron chi connectivity index (χ4n) is 5.39. The number of imidazole rings is 1. The Hall–Kier alpha value is -1.42. The Kier molecular flexibility index (Phi) is 10.5. The second kappa shape index (κ2) is 12.8. The van der Waals surface area contributed by atoms with Crippen molar-refractivity contribution in [2.24, 2.45) is 0 Å². The van der Waals surface area contributed by atoms with Gasteiger partial charge in [-0.05, 0) is 36.0 Å². The van der Waals surface area contributed by atoms with E-state index < -0.39 is 42.1 Å². The molecule has 0 spiro atoms. The van der Waals surface area contributed by atoms with Gasteiger partial charge >= 0.3 is 8.56 Å². The van der Waals surface area contributed by atoms with Crippen molar-refractivity contribution in [2.45, 2.75) is 122 Å². The fraction of sp³-hybridized carbons (Fsp3) is 0.808. The standard InChI is InChI=1S/C26H48N5O5Si2/c1-15(2)30-24-21-25(28-13-27-24)31(14-29-21)26-23(33-11)22(20(12-32)34-26)35-38(18(7)8,19(9)10)36-37(16(3)4)17(5)6/h13-20,22-23,26,32H,12H2,1-11H3,(H,27,28,30)/t20-,22?,23?,26-/m1/s1. The van der Waals surface area contributed by atoms with Crippen molar-refractivity contribution in [3.63, 3.8) is 0 Å². The van der Waals surface area contributed by atoms with Crippen molar-refractivity contribution in [2.75, 3.05) is 19.0 Å². The van der Waals surface area contributed by atoms with E-state index in [1.54, 1.807) is 13.4 Å². The summed E-state index contributed by atoms with van der Waals surface area (Å²) in [5.41, 5.74) is 2.56. The van der Waals surface area contributed by atoms with Gasteiger partial charge in [-0.15, -0.1) is 0 Å². The molecule has 10 nitrogen and oxygen atoms in total. The average Bonchev–Trinajstić information content (AvgIpc) is 3.41. The lowest BCUT2D eigenvalue weighted by Crippen LogP contribution is -2.57. The van der Waals surface area contributed by atoms with Crippen LogP contribution in [0.25, 0.3) is 11.2 Å². The minimum atomic E-state index is -2.80. The average molecular weight is 567 g/mol. The first-order valence-electron chi connectivity index (χ1n) is 13.8. The topological polar surface area (TPSA) is 113 Å². The first-order chi connectivity index (χ1) is 17.9. The van der Waals surface area contributed by atoms with E-state index in [0.717, 1.165) is 0 Å². The monoisotopic (exact) mass is 566 g/mol. The molecule has 3 heterocycles. The van der Waals surface area contributed by atoms with E-state index >= 15 is 0 Å². The van der Waals surface area contributed by atoms with Gasteiger partial charge in [0.25, 0.3) is 0 Å². The molecule has 12 heteroatoms. The van der Waals surface area contributed by atoms with Gasteiger partial charge in [-0.25, -0.2) is 15.0 Å². The molecular formula is C26H48N5O5Si2. The highest BCUT2D eigenvalue weighted by molar-refractivity contribution is 6.78.